The first-order chi connectivity index (χ1) is 8.29. The predicted octanol–water partition coefficient (Wildman–Crippen LogP) is 2.54. The smallest absolute Gasteiger partial charge is 0.267 e. The molecular formula is C12H12N2O2S. The van der Waals surface area contributed by atoms with E-state index in [0.29, 0.717) is 11.5 Å². The number of carbonyl (C=O) groups excluding carboxylic acids is 1. The van der Waals surface area contributed by atoms with Crippen LogP contribution < -0.4 is 5.32 Å². The summed E-state index contributed by atoms with van der Waals surface area (Å²) in [5, 5.41) is 3.60. The minimum atomic E-state index is -0.143. The van der Waals surface area contributed by atoms with Gasteiger partial charge in [0.2, 0.25) is 0 Å². The first-order valence-corrected chi connectivity index (χ1v) is 5.91. The first kappa shape index (κ1) is 11.8. The fourth-order valence-electron chi connectivity index (χ4n) is 1.32. The lowest BCUT2D eigenvalue weighted by Gasteiger charge is -2.01. The van der Waals surface area contributed by atoms with Crippen LogP contribution in [0.3, 0.4) is 0 Å². The van der Waals surface area contributed by atoms with E-state index in [9.17, 15) is 4.79 Å². The van der Waals surface area contributed by atoms with Gasteiger partial charge in [-0.2, -0.15) is 0 Å². The zero-order valence-corrected chi connectivity index (χ0v) is 10.2. The number of benzene rings is 1. The summed E-state index contributed by atoms with van der Waals surface area (Å²) in [6.45, 7) is 0.434. The van der Waals surface area contributed by atoms with E-state index in [1.807, 2.05) is 30.3 Å². The maximum atomic E-state index is 11.9. The SMILES string of the molecule is COCc1ncc(C(=O)Nc2ccccc2)s1. The number of thiazole rings is 1. The van der Waals surface area contributed by atoms with Gasteiger partial charge in [-0.1, -0.05) is 18.2 Å². The summed E-state index contributed by atoms with van der Waals surface area (Å²) in [6.07, 6.45) is 1.57. The third-order valence-electron chi connectivity index (χ3n) is 2.08. The molecule has 0 unspecified atom stereocenters. The zero-order chi connectivity index (χ0) is 12.1. The Balaban J connectivity index is 2.04. The van der Waals surface area contributed by atoms with Gasteiger partial charge in [0.15, 0.2) is 0 Å². The Hall–Kier alpha value is -1.72. The average molecular weight is 248 g/mol. The molecule has 0 fully saturated rings. The lowest BCUT2D eigenvalue weighted by atomic mass is 10.3. The molecular weight excluding hydrogens is 236 g/mol. The van der Waals surface area contributed by atoms with Gasteiger partial charge in [0.25, 0.3) is 5.91 Å². The van der Waals surface area contributed by atoms with Gasteiger partial charge < -0.3 is 10.1 Å². The largest absolute Gasteiger partial charge is 0.378 e. The van der Waals surface area contributed by atoms with E-state index in [1.54, 1.807) is 13.3 Å². The molecule has 2 rings (SSSR count). The number of carbonyl (C=O) groups is 1. The molecule has 1 N–H and O–H groups in total. The maximum Gasteiger partial charge on any atom is 0.267 e. The third-order valence-corrected chi connectivity index (χ3v) is 3.05. The molecule has 0 saturated carbocycles. The summed E-state index contributed by atoms with van der Waals surface area (Å²) in [7, 11) is 1.60. The number of para-hydroxylation sites is 1. The monoisotopic (exact) mass is 248 g/mol. The number of anilines is 1. The van der Waals surface area contributed by atoms with Gasteiger partial charge in [-0.25, -0.2) is 4.98 Å². The van der Waals surface area contributed by atoms with Gasteiger partial charge in [-0.15, -0.1) is 11.3 Å². The molecule has 1 aromatic heterocycles. The molecule has 88 valence electrons. The van der Waals surface area contributed by atoms with Crippen LogP contribution in [0.2, 0.25) is 0 Å². The fourth-order valence-corrected chi connectivity index (χ4v) is 2.10. The molecule has 0 atom stereocenters. The fraction of sp³-hybridized carbons (Fsp3) is 0.167. The normalized spacial score (nSPS) is 10.2. The van der Waals surface area contributed by atoms with Gasteiger partial charge in [-0.05, 0) is 12.1 Å². The van der Waals surface area contributed by atoms with Crippen LogP contribution in [0.25, 0.3) is 0 Å². The van der Waals surface area contributed by atoms with E-state index >= 15 is 0 Å². The number of rotatable bonds is 4. The highest BCUT2D eigenvalue weighted by molar-refractivity contribution is 7.13. The topological polar surface area (TPSA) is 51.2 Å². The summed E-state index contributed by atoms with van der Waals surface area (Å²) in [5.74, 6) is -0.143. The minimum Gasteiger partial charge on any atom is -0.378 e. The Morgan fingerprint density at radius 2 is 2.18 bits per heavy atom. The van der Waals surface area contributed by atoms with Crippen LogP contribution >= 0.6 is 11.3 Å². The average Bonchev–Trinajstić information content (AvgIpc) is 2.79. The lowest BCUT2D eigenvalue weighted by Crippen LogP contribution is -2.09. The Morgan fingerprint density at radius 1 is 1.41 bits per heavy atom. The van der Waals surface area contributed by atoms with Crippen molar-refractivity contribution in [2.24, 2.45) is 0 Å². The van der Waals surface area contributed by atoms with E-state index in [-0.39, 0.29) is 5.91 Å². The molecule has 17 heavy (non-hydrogen) atoms. The van der Waals surface area contributed by atoms with Crippen LogP contribution in [0.15, 0.2) is 36.5 Å². The Morgan fingerprint density at radius 3 is 2.88 bits per heavy atom. The highest BCUT2D eigenvalue weighted by Crippen LogP contribution is 2.15. The first-order valence-electron chi connectivity index (χ1n) is 5.09. The summed E-state index contributed by atoms with van der Waals surface area (Å²) in [4.78, 5) is 16.5. The van der Waals surface area contributed by atoms with Crippen LogP contribution in [0.1, 0.15) is 14.7 Å². The van der Waals surface area contributed by atoms with Crippen LogP contribution in [0.4, 0.5) is 5.69 Å². The standard InChI is InChI=1S/C12H12N2O2S/c1-16-8-11-13-7-10(17-11)12(15)14-9-5-3-2-4-6-9/h2-7H,8H2,1H3,(H,14,15). The summed E-state index contributed by atoms with van der Waals surface area (Å²) >= 11 is 1.34. The summed E-state index contributed by atoms with van der Waals surface area (Å²) in [5.41, 5.74) is 0.777. The number of methoxy groups -OCH3 is 1. The molecule has 5 heteroatoms. The van der Waals surface area contributed by atoms with Gasteiger partial charge >= 0.3 is 0 Å². The molecule has 1 heterocycles. The van der Waals surface area contributed by atoms with Crippen LogP contribution in [-0.4, -0.2) is 18.0 Å². The summed E-state index contributed by atoms with van der Waals surface area (Å²) < 4.78 is 4.96. The molecule has 0 aliphatic heterocycles. The molecule has 4 nitrogen and oxygen atoms in total. The van der Waals surface area contributed by atoms with E-state index in [2.05, 4.69) is 10.3 Å². The molecule has 0 saturated heterocycles. The number of hydrogen-bond donors (Lipinski definition) is 1. The number of nitrogens with one attached hydrogen (secondary N) is 1. The van der Waals surface area contributed by atoms with Gasteiger partial charge in [0.05, 0.1) is 12.8 Å². The molecule has 1 aromatic carbocycles. The molecule has 0 aliphatic rings. The van der Waals surface area contributed by atoms with Crippen molar-refractivity contribution in [2.45, 2.75) is 6.61 Å². The van der Waals surface area contributed by atoms with Crippen LogP contribution in [-0.2, 0) is 11.3 Å². The minimum absolute atomic E-state index is 0.143. The van der Waals surface area contributed by atoms with Crippen molar-refractivity contribution in [1.29, 1.82) is 0 Å². The van der Waals surface area contributed by atoms with Crippen LogP contribution in [0.5, 0.6) is 0 Å². The molecule has 0 radical (unpaired) electrons. The third kappa shape index (κ3) is 3.12. The number of aromatic nitrogens is 1. The number of amides is 1. The second-order valence-electron chi connectivity index (χ2n) is 3.37. The summed E-state index contributed by atoms with van der Waals surface area (Å²) in [6, 6.07) is 9.33. The molecule has 0 bridgehead atoms. The van der Waals surface area contributed by atoms with Crippen molar-refractivity contribution < 1.29 is 9.53 Å². The molecule has 0 aliphatic carbocycles. The van der Waals surface area contributed by atoms with E-state index in [4.69, 9.17) is 4.74 Å². The Labute approximate surface area is 103 Å². The highest BCUT2D eigenvalue weighted by atomic mass is 32.1. The Bertz CT molecular complexity index is 496. The predicted molar refractivity (Wildman–Crippen MR) is 67.2 cm³/mol. The van der Waals surface area contributed by atoms with E-state index < -0.39 is 0 Å². The number of ether oxygens (including phenoxy) is 1. The van der Waals surface area contributed by atoms with Crippen molar-refractivity contribution in [1.82, 2.24) is 4.98 Å². The molecule has 2 aromatic rings. The Kier molecular flexibility index (Phi) is 3.85. The second kappa shape index (κ2) is 5.56. The van der Waals surface area contributed by atoms with Crippen molar-refractivity contribution in [3.63, 3.8) is 0 Å². The molecule has 0 spiro atoms. The second-order valence-corrected chi connectivity index (χ2v) is 4.49. The zero-order valence-electron chi connectivity index (χ0n) is 9.34. The van der Waals surface area contributed by atoms with Crippen LogP contribution in [0, 0.1) is 0 Å². The number of nitrogens with zero attached hydrogens (tertiary/aromatic N) is 1. The quantitative estimate of drug-likeness (QED) is 0.904. The lowest BCUT2D eigenvalue weighted by molar-refractivity contribution is 0.103. The van der Waals surface area contributed by atoms with Crippen molar-refractivity contribution in [2.75, 3.05) is 12.4 Å². The highest BCUT2D eigenvalue weighted by Gasteiger charge is 2.10. The van der Waals surface area contributed by atoms with Crippen molar-refractivity contribution >= 4 is 22.9 Å². The van der Waals surface area contributed by atoms with E-state index in [0.717, 1.165) is 10.7 Å². The van der Waals surface area contributed by atoms with Gasteiger partial charge in [-0.3, -0.25) is 4.79 Å². The van der Waals surface area contributed by atoms with Gasteiger partial charge in [0.1, 0.15) is 9.88 Å². The van der Waals surface area contributed by atoms with E-state index in [1.165, 1.54) is 11.3 Å². The molecule has 1 amide bonds. The number of hydrogen-bond acceptors (Lipinski definition) is 4. The van der Waals surface area contributed by atoms with Crippen molar-refractivity contribution in [3.05, 3.63) is 46.4 Å². The van der Waals surface area contributed by atoms with Gasteiger partial charge in [0, 0.05) is 12.8 Å². The van der Waals surface area contributed by atoms with Crippen molar-refractivity contribution in [3.8, 4) is 0 Å². The maximum absolute atomic E-state index is 11.9.